The number of carbonyl (C=O) groups excluding carboxylic acids is 1. The van der Waals surface area contributed by atoms with Crippen molar-refractivity contribution >= 4 is 41.5 Å². The van der Waals surface area contributed by atoms with Crippen molar-refractivity contribution in [1.82, 2.24) is 30.5 Å². The summed E-state index contributed by atoms with van der Waals surface area (Å²) in [7, 11) is 3.14. The lowest BCUT2D eigenvalue weighted by atomic mass is 9.98. The van der Waals surface area contributed by atoms with Gasteiger partial charge in [-0.2, -0.15) is 0 Å². The number of hydrogen-bond acceptors (Lipinski definition) is 10. The van der Waals surface area contributed by atoms with Gasteiger partial charge in [0.2, 0.25) is 17.7 Å². The molecule has 13 heteroatoms. The molecule has 11 nitrogen and oxygen atoms in total. The van der Waals surface area contributed by atoms with Gasteiger partial charge in [0.15, 0.2) is 0 Å². The van der Waals surface area contributed by atoms with Crippen molar-refractivity contribution < 1.29 is 14.3 Å². The Bertz CT molecular complexity index is 1990. The molecule has 2 aliphatic heterocycles. The second-order valence-electron chi connectivity index (χ2n) is 12.8. The molecule has 0 aliphatic carbocycles. The van der Waals surface area contributed by atoms with E-state index in [1.807, 2.05) is 61.7 Å². The van der Waals surface area contributed by atoms with Crippen LogP contribution in [0.3, 0.4) is 0 Å². The van der Waals surface area contributed by atoms with Crippen molar-refractivity contribution in [2.45, 2.75) is 44.7 Å². The van der Waals surface area contributed by atoms with E-state index in [0.29, 0.717) is 82.0 Å². The van der Waals surface area contributed by atoms with Crippen molar-refractivity contribution in [3.63, 3.8) is 0 Å². The van der Waals surface area contributed by atoms with Crippen LogP contribution in [-0.4, -0.2) is 84.6 Å². The van der Waals surface area contributed by atoms with Gasteiger partial charge in [0, 0.05) is 78.7 Å². The second-order valence-corrected chi connectivity index (χ2v) is 13.5. The first-order chi connectivity index (χ1) is 25.3. The Hall–Kier alpha value is -4.68. The molecule has 270 valence electrons. The van der Waals surface area contributed by atoms with Crippen LogP contribution in [0.2, 0.25) is 10.0 Å². The van der Waals surface area contributed by atoms with E-state index in [0.717, 1.165) is 48.4 Å². The summed E-state index contributed by atoms with van der Waals surface area (Å²) < 4.78 is 11.3. The SMILES string of the molecule is C=N/C(CNC[C@@H]1CCC(=O)N1)=C(\N=C(C)c1cccc(-c2cccc(-c3cnc(CN4CCC(c5ccccn5)C4)c(OC)n3)c2Cl)c1Cl)OC. The molecule has 52 heavy (non-hydrogen) atoms. The zero-order valence-electron chi connectivity index (χ0n) is 29.5. The van der Waals surface area contributed by atoms with Crippen LogP contribution in [0.1, 0.15) is 49.1 Å². The van der Waals surface area contributed by atoms with E-state index in [-0.39, 0.29) is 11.9 Å². The lowest BCUT2D eigenvalue weighted by Gasteiger charge is -2.18. The van der Waals surface area contributed by atoms with Gasteiger partial charge in [0.05, 0.1) is 41.9 Å². The van der Waals surface area contributed by atoms with Crippen molar-refractivity contribution in [1.29, 1.82) is 0 Å². The number of aromatic nitrogens is 3. The van der Waals surface area contributed by atoms with Crippen LogP contribution >= 0.6 is 23.2 Å². The first-order valence-corrected chi connectivity index (χ1v) is 18.0. The number of likely N-dealkylation sites (tertiary alicyclic amines) is 1. The summed E-state index contributed by atoms with van der Waals surface area (Å²) in [4.78, 5) is 37.0. The highest BCUT2D eigenvalue weighted by molar-refractivity contribution is 6.39. The Balaban J connectivity index is 1.21. The molecule has 0 spiro atoms. The minimum absolute atomic E-state index is 0.0707. The van der Waals surface area contributed by atoms with Gasteiger partial charge >= 0.3 is 0 Å². The molecule has 2 saturated heterocycles. The summed E-state index contributed by atoms with van der Waals surface area (Å²) in [6, 6.07) is 17.6. The van der Waals surface area contributed by atoms with E-state index < -0.39 is 0 Å². The maximum absolute atomic E-state index is 11.5. The highest BCUT2D eigenvalue weighted by Crippen LogP contribution is 2.40. The standard InChI is InChI=1S/C39H42Cl2N8O3/c1-24(46-38(51-3)33(42-2)20-43-19-26-14-15-35(50)47-26)27-9-7-10-28(36(27)40)29-11-8-12-30(37(29)41)32-21-45-34(39(48-32)52-4)23-49-18-16-25(22-49)31-13-5-6-17-44-31/h5-13,17,21,25-26,43H,2,14-16,18-20,22-23H2,1,3-4H3,(H,47,50)/b38-33+,46-24?/t25?,26-/m0/s1. The maximum Gasteiger partial charge on any atom is 0.237 e. The second kappa shape index (κ2) is 17.2. The molecule has 4 heterocycles. The first kappa shape index (κ1) is 37.1. The molecule has 0 saturated carbocycles. The molecular formula is C39H42Cl2N8O3. The van der Waals surface area contributed by atoms with Gasteiger partial charge in [-0.25, -0.2) is 9.98 Å². The summed E-state index contributed by atoms with van der Waals surface area (Å²) in [6.45, 7) is 9.00. The number of ether oxygens (including phenoxy) is 2. The highest BCUT2D eigenvalue weighted by Gasteiger charge is 2.27. The number of pyridine rings is 1. The number of carbonyl (C=O) groups is 1. The summed E-state index contributed by atoms with van der Waals surface area (Å²) >= 11 is 14.2. The number of methoxy groups -OCH3 is 2. The third-order valence-electron chi connectivity index (χ3n) is 9.38. The van der Waals surface area contributed by atoms with Crippen LogP contribution in [0.5, 0.6) is 5.88 Å². The Morgan fingerprint density at radius 3 is 2.54 bits per heavy atom. The van der Waals surface area contributed by atoms with Gasteiger partial charge in [-0.1, -0.05) is 65.7 Å². The van der Waals surface area contributed by atoms with Gasteiger partial charge in [-0.05, 0) is 45.2 Å². The van der Waals surface area contributed by atoms with Crippen LogP contribution < -0.4 is 15.4 Å². The lowest BCUT2D eigenvalue weighted by molar-refractivity contribution is -0.119. The third-order valence-corrected chi connectivity index (χ3v) is 10.2. The van der Waals surface area contributed by atoms with Crippen molar-refractivity contribution in [3.8, 4) is 28.3 Å². The van der Waals surface area contributed by atoms with Crippen molar-refractivity contribution in [3.05, 3.63) is 106 Å². The molecular weight excluding hydrogens is 699 g/mol. The molecule has 1 amide bonds. The zero-order chi connectivity index (χ0) is 36.6. The van der Waals surface area contributed by atoms with E-state index in [4.69, 9.17) is 47.6 Å². The zero-order valence-corrected chi connectivity index (χ0v) is 31.0. The lowest BCUT2D eigenvalue weighted by Crippen LogP contribution is -2.36. The first-order valence-electron chi connectivity index (χ1n) is 17.2. The average molecular weight is 742 g/mol. The van der Waals surface area contributed by atoms with Gasteiger partial charge in [0.25, 0.3) is 0 Å². The smallest absolute Gasteiger partial charge is 0.237 e. The molecule has 0 bridgehead atoms. The van der Waals surface area contributed by atoms with Crippen LogP contribution in [0.15, 0.2) is 88.6 Å². The molecule has 2 aromatic heterocycles. The van der Waals surface area contributed by atoms with Crippen LogP contribution in [0.4, 0.5) is 0 Å². The monoisotopic (exact) mass is 740 g/mol. The van der Waals surface area contributed by atoms with Crippen LogP contribution in [-0.2, 0) is 16.1 Å². The van der Waals surface area contributed by atoms with E-state index in [1.165, 1.54) is 7.11 Å². The van der Waals surface area contributed by atoms with E-state index in [1.54, 1.807) is 13.3 Å². The summed E-state index contributed by atoms with van der Waals surface area (Å²) in [6.07, 6.45) is 5.97. The number of halogens is 2. The minimum atomic E-state index is 0.0707. The molecule has 2 aliphatic rings. The van der Waals surface area contributed by atoms with Gasteiger partial charge in [-0.15, -0.1) is 0 Å². The molecule has 2 atom stereocenters. The van der Waals surface area contributed by atoms with E-state index >= 15 is 0 Å². The predicted octanol–water partition coefficient (Wildman–Crippen LogP) is 6.70. The molecule has 6 rings (SSSR count). The molecule has 2 fully saturated rings. The minimum Gasteiger partial charge on any atom is -0.480 e. The Kier molecular flexibility index (Phi) is 12.3. The van der Waals surface area contributed by atoms with E-state index in [2.05, 4.69) is 38.3 Å². The highest BCUT2D eigenvalue weighted by atomic mass is 35.5. The molecule has 2 N–H and O–H groups in total. The number of aliphatic imine (C=N–C) groups is 2. The fourth-order valence-corrected chi connectivity index (χ4v) is 7.33. The summed E-state index contributed by atoms with van der Waals surface area (Å²) in [5.74, 6) is 1.23. The van der Waals surface area contributed by atoms with Gasteiger partial charge in [-0.3, -0.25) is 24.7 Å². The summed E-state index contributed by atoms with van der Waals surface area (Å²) in [5, 5.41) is 7.22. The largest absolute Gasteiger partial charge is 0.480 e. The normalized spacial score (nSPS) is 18.2. The molecule has 4 aromatic rings. The molecule has 0 radical (unpaired) electrons. The van der Waals surface area contributed by atoms with Gasteiger partial charge < -0.3 is 20.1 Å². The Morgan fingerprint density at radius 1 is 1.04 bits per heavy atom. The van der Waals surface area contributed by atoms with Crippen molar-refractivity contribution in [2.75, 3.05) is 40.4 Å². The number of benzene rings is 2. The quantitative estimate of drug-likeness (QED) is 0.108. The van der Waals surface area contributed by atoms with Crippen molar-refractivity contribution in [2.24, 2.45) is 9.98 Å². The number of hydrogen-bond donors (Lipinski definition) is 2. The average Bonchev–Trinajstić information content (AvgIpc) is 3.82. The Morgan fingerprint density at radius 2 is 1.83 bits per heavy atom. The van der Waals surface area contributed by atoms with Gasteiger partial charge in [0.1, 0.15) is 11.4 Å². The van der Waals surface area contributed by atoms with Crippen LogP contribution in [0.25, 0.3) is 22.4 Å². The Labute approximate surface area is 314 Å². The fourth-order valence-electron chi connectivity index (χ4n) is 6.64. The predicted molar refractivity (Wildman–Crippen MR) is 206 cm³/mol. The topological polar surface area (TPSA) is 126 Å². The molecule has 1 unspecified atom stereocenters. The third kappa shape index (κ3) is 8.50. The maximum atomic E-state index is 11.5. The number of amides is 1. The van der Waals surface area contributed by atoms with E-state index in [9.17, 15) is 4.79 Å². The number of nitrogens with zero attached hydrogens (tertiary/aromatic N) is 6. The fraction of sp³-hybridized carbons (Fsp3) is 0.333. The molecule has 2 aromatic carbocycles. The van der Waals surface area contributed by atoms with Crippen LogP contribution in [0, 0.1) is 0 Å². The number of rotatable bonds is 14. The summed E-state index contributed by atoms with van der Waals surface area (Å²) in [5.41, 5.74) is 6.51. The number of nitrogens with one attached hydrogen (secondary N) is 2.